The second-order valence-corrected chi connectivity index (χ2v) is 4.80. The van der Waals surface area contributed by atoms with E-state index < -0.39 is 0 Å². The van der Waals surface area contributed by atoms with Crippen LogP contribution >= 0.6 is 0 Å². The van der Waals surface area contributed by atoms with Crippen LogP contribution in [0.4, 0.5) is 0 Å². The van der Waals surface area contributed by atoms with Crippen LogP contribution < -0.4 is 5.32 Å². The topological polar surface area (TPSA) is 46.0 Å². The molecule has 0 bridgehead atoms. The maximum atomic E-state index is 4.23. The third-order valence-corrected chi connectivity index (χ3v) is 3.05. The first-order valence-electron chi connectivity index (χ1n) is 5.72. The number of nitrogens with one attached hydrogen (secondary N) is 1. The summed E-state index contributed by atoms with van der Waals surface area (Å²) in [6, 6.07) is 0. The SMILES string of the molecule is CCn1ncnc1CNCC(C)(C)N(C)C. The van der Waals surface area contributed by atoms with Crippen LogP contribution in [0.5, 0.6) is 0 Å². The molecule has 0 aliphatic heterocycles. The number of hydrogen-bond donors (Lipinski definition) is 1. The molecule has 0 fully saturated rings. The first-order valence-corrected chi connectivity index (χ1v) is 5.72. The molecule has 1 N–H and O–H groups in total. The lowest BCUT2D eigenvalue weighted by atomic mass is 10.0. The molecule has 92 valence electrons. The minimum Gasteiger partial charge on any atom is -0.308 e. The van der Waals surface area contributed by atoms with Gasteiger partial charge < -0.3 is 10.2 Å². The fourth-order valence-electron chi connectivity index (χ4n) is 1.33. The zero-order valence-corrected chi connectivity index (χ0v) is 11.0. The molecule has 0 aliphatic rings. The molecule has 16 heavy (non-hydrogen) atoms. The maximum absolute atomic E-state index is 4.23. The van der Waals surface area contributed by atoms with Gasteiger partial charge in [0.25, 0.3) is 0 Å². The zero-order valence-electron chi connectivity index (χ0n) is 11.0. The van der Waals surface area contributed by atoms with Crippen LogP contribution in [0, 0.1) is 0 Å². The van der Waals surface area contributed by atoms with Gasteiger partial charge in [-0.2, -0.15) is 5.10 Å². The summed E-state index contributed by atoms with van der Waals surface area (Å²) in [6.07, 6.45) is 1.61. The Kier molecular flexibility index (Phi) is 4.44. The highest BCUT2D eigenvalue weighted by atomic mass is 15.3. The molecule has 0 unspecified atom stereocenters. The van der Waals surface area contributed by atoms with Crippen LogP contribution in [0.3, 0.4) is 0 Å². The first-order chi connectivity index (χ1) is 7.47. The summed E-state index contributed by atoms with van der Waals surface area (Å²) in [6.45, 7) is 9.06. The Morgan fingerprint density at radius 3 is 2.69 bits per heavy atom. The van der Waals surface area contributed by atoms with Gasteiger partial charge in [-0.3, -0.25) is 0 Å². The van der Waals surface area contributed by atoms with E-state index in [1.54, 1.807) is 6.33 Å². The van der Waals surface area contributed by atoms with E-state index in [1.165, 1.54) is 0 Å². The van der Waals surface area contributed by atoms with Crippen molar-refractivity contribution in [3.8, 4) is 0 Å². The summed E-state index contributed by atoms with van der Waals surface area (Å²) in [5.74, 6) is 0.997. The van der Waals surface area contributed by atoms with E-state index >= 15 is 0 Å². The third kappa shape index (κ3) is 3.28. The molecule has 0 amide bonds. The molecule has 0 saturated carbocycles. The van der Waals surface area contributed by atoms with Crippen LogP contribution in [0.2, 0.25) is 0 Å². The molecule has 1 aromatic rings. The van der Waals surface area contributed by atoms with Gasteiger partial charge in [-0.1, -0.05) is 0 Å². The van der Waals surface area contributed by atoms with Crippen molar-refractivity contribution in [2.75, 3.05) is 20.6 Å². The molecule has 0 atom stereocenters. The van der Waals surface area contributed by atoms with E-state index in [-0.39, 0.29) is 5.54 Å². The number of aryl methyl sites for hydroxylation is 1. The molecule has 0 aromatic carbocycles. The van der Waals surface area contributed by atoms with E-state index in [1.807, 2.05) is 4.68 Å². The van der Waals surface area contributed by atoms with Crippen molar-refractivity contribution in [1.29, 1.82) is 0 Å². The lowest BCUT2D eigenvalue weighted by Crippen LogP contribution is -2.46. The fourth-order valence-corrected chi connectivity index (χ4v) is 1.33. The Bertz CT molecular complexity index is 316. The Morgan fingerprint density at radius 2 is 2.12 bits per heavy atom. The van der Waals surface area contributed by atoms with Crippen molar-refractivity contribution in [3.05, 3.63) is 12.2 Å². The van der Waals surface area contributed by atoms with Gasteiger partial charge >= 0.3 is 0 Å². The number of aromatic nitrogens is 3. The van der Waals surface area contributed by atoms with Crippen LogP contribution in [-0.2, 0) is 13.1 Å². The third-order valence-electron chi connectivity index (χ3n) is 3.05. The molecule has 0 aliphatic carbocycles. The lowest BCUT2D eigenvalue weighted by molar-refractivity contribution is 0.189. The monoisotopic (exact) mass is 225 g/mol. The first kappa shape index (κ1) is 13.1. The van der Waals surface area contributed by atoms with Crippen molar-refractivity contribution in [2.45, 2.75) is 39.4 Å². The largest absolute Gasteiger partial charge is 0.308 e. The molecule has 0 radical (unpaired) electrons. The highest BCUT2D eigenvalue weighted by Gasteiger charge is 2.19. The van der Waals surface area contributed by atoms with Gasteiger partial charge in [0.05, 0.1) is 6.54 Å². The predicted octanol–water partition coefficient (Wildman–Crippen LogP) is 0.728. The van der Waals surface area contributed by atoms with Crippen LogP contribution in [0.25, 0.3) is 0 Å². The Morgan fingerprint density at radius 1 is 1.44 bits per heavy atom. The molecule has 5 heteroatoms. The molecule has 0 saturated heterocycles. The maximum Gasteiger partial charge on any atom is 0.140 e. The van der Waals surface area contributed by atoms with Crippen LogP contribution in [-0.4, -0.2) is 45.8 Å². The standard InChI is InChI=1S/C11H23N5/c1-6-16-10(13-9-14-16)7-12-8-11(2,3)15(4)5/h9,12H,6-8H2,1-5H3. The lowest BCUT2D eigenvalue weighted by Gasteiger charge is -2.32. The minimum atomic E-state index is 0.150. The van der Waals surface area contributed by atoms with Gasteiger partial charge in [0, 0.05) is 18.6 Å². The Hall–Kier alpha value is -0.940. The van der Waals surface area contributed by atoms with Crippen molar-refractivity contribution in [3.63, 3.8) is 0 Å². The molecule has 1 heterocycles. The second-order valence-electron chi connectivity index (χ2n) is 4.80. The molecular weight excluding hydrogens is 202 g/mol. The Balaban J connectivity index is 2.41. The Labute approximate surface area is 97.9 Å². The number of rotatable bonds is 6. The van der Waals surface area contributed by atoms with E-state index in [2.05, 4.69) is 55.2 Å². The summed E-state index contributed by atoms with van der Waals surface area (Å²) in [4.78, 5) is 6.44. The van der Waals surface area contributed by atoms with Gasteiger partial charge in [0.1, 0.15) is 12.2 Å². The minimum absolute atomic E-state index is 0.150. The fraction of sp³-hybridized carbons (Fsp3) is 0.818. The molecule has 1 rings (SSSR count). The van der Waals surface area contributed by atoms with Gasteiger partial charge in [0.15, 0.2) is 0 Å². The zero-order chi connectivity index (χ0) is 12.2. The summed E-state index contributed by atoms with van der Waals surface area (Å²) >= 11 is 0. The van der Waals surface area contributed by atoms with Crippen molar-refractivity contribution in [1.82, 2.24) is 25.0 Å². The quantitative estimate of drug-likeness (QED) is 0.775. The van der Waals surface area contributed by atoms with Gasteiger partial charge in [-0.15, -0.1) is 0 Å². The summed E-state index contributed by atoms with van der Waals surface area (Å²) in [7, 11) is 4.19. The summed E-state index contributed by atoms with van der Waals surface area (Å²) < 4.78 is 1.91. The van der Waals surface area contributed by atoms with E-state index in [4.69, 9.17) is 0 Å². The van der Waals surface area contributed by atoms with Crippen molar-refractivity contribution in [2.24, 2.45) is 0 Å². The van der Waals surface area contributed by atoms with Crippen LogP contribution in [0.15, 0.2) is 6.33 Å². The van der Waals surface area contributed by atoms with Crippen molar-refractivity contribution < 1.29 is 0 Å². The normalized spacial score (nSPS) is 12.4. The van der Waals surface area contributed by atoms with E-state index in [0.717, 1.165) is 25.5 Å². The number of nitrogens with zero attached hydrogens (tertiary/aromatic N) is 4. The second kappa shape index (κ2) is 5.41. The van der Waals surface area contributed by atoms with E-state index in [0.29, 0.717) is 0 Å². The van der Waals surface area contributed by atoms with E-state index in [9.17, 15) is 0 Å². The average Bonchev–Trinajstić information content (AvgIpc) is 2.64. The molecule has 0 spiro atoms. The molecular formula is C11H23N5. The van der Waals surface area contributed by atoms with Gasteiger partial charge in [-0.05, 0) is 34.9 Å². The molecule has 1 aromatic heterocycles. The highest BCUT2D eigenvalue weighted by molar-refractivity contribution is 4.86. The molecule has 5 nitrogen and oxygen atoms in total. The van der Waals surface area contributed by atoms with Gasteiger partial charge in [0.2, 0.25) is 0 Å². The van der Waals surface area contributed by atoms with Crippen molar-refractivity contribution >= 4 is 0 Å². The summed E-state index contributed by atoms with van der Waals surface area (Å²) in [5, 5.41) is 7.56. The predicted molar refractivity (Wildman–Crippen MR) is 65.2 cm³/mol. The van der Waals surface area contributed by atoms with Gasteiger partial charge in [-0.25, -0.2) is 9.67 Å². The van der Waals surface area contributed by atoms with Crippen LogP contribution in [0.1, 0.15) is 26.6 Å². The number of hydrogen-bond acceptors (Lipinski definition) is 4. The number of likely N-dealkylation sites (N-methyl/N-ethyl adjacent to an activating group) is 1. The smallest absolute Gasteiger partial charge is 0.140 e. The average molecular weight is 225 g/mol. The highest BCUT2D eigenvalue weighted by Crippen LogP contribution is 2.08. The summed E-state index contributed by atoms with van der Waals surface area (Å²) in [5.41, 5.74) is 0.150.